The highest BCUT2D eigenvalue weighted by Gasteiger charge is 2.14. The Balaban J connectivity index is 2.43. The van der Waals surface area contributed by atoms with Crippen LogP contribution >= 0.6 is 0 Å². The third-order valence-electron chi connectivity index (χ3n) is 2.58. The second kappa shape index (κ2) is 5.84. The standard InChI is InChI=1S/C13H14N6O/c1-3-20-13-17-11(15)16-12(18-13)19(2)10-7-5-4-6-9(10)8-14/h4-7H,3H2,1-2H3,(H2,15,16,17,18). The number of ether oxygens (including phenoxy) is 1. The molecule has 2 rings (SSSR count). The monoisotopic (exact) mass is 270 g/mol. The summed E-state index contributed by atoms with van der Waals surface area (Å²) < 4.78 is 5.24. The zero-order valence-corrected chi connectivity index (χ0v) is 11.2. The highest BCUT2D eigenvalue weighted by molar-refractivity contribution is 5.65. The number of benzene rings is 1. The predicted molar refractivity (Wildman–Crippen MR) is 74.6 cm³/mol. The summed E-state index contributed by atoms with van der Waals surface area (Å²) in [6, 6.07) is 9.44. The van der Waals surface area contributed by atoms with Crippen molar-refractivity contribution in [3.05, 3.63) is 29.8 Å². The number of hydrogen-bond donors (Lipinski definition) is 1. The number of nitrogen functional groups attached to an aromatic ring is 1. The Morgan fingerprint density at radius 2 is 2.05 bits per heavy atom. The Bertz CT molecular complexity index is 652. The maximum atomic E-state index is 9.13. The summed E-state index contributed by atoms with van der Waals surface area (Å²) in [5.74, 6) is 0.392. The number of nitriles is 1. The lowest BCUT2D eigenvalue weighted by Gasteiger charge is -2.18. The normalized spacial score (nSPS) is 9.85. The molecule has 0 amide bonds. The van der Waals surface area contributed by atoms with Gasteiger partial charge in [0.1, 0.15) is 6.07 Å². The summed E-state index contributed by atoms with van der Waals surface area (Å²) in [5, 5.41) is 9.13. The molecule has 0 aliphatic heterocycles. The fraction of sp³-hybridized carbons (Fsp3) is 0.231. The van der Waals surface area contributed by atoms with Crippen molar-refractivity contribution in [3.63, 3.8) is 0 Å². The molecule has 0 bridgehead atoms. The zero-order valence-electron chi connectivity index (χ0n) is 11.2. The van der Waals surface area contributed by atoms with Crippen molar-refractivity contribution in [2.75, 3.05) is 24.3 Å². The molecule has 20 heavy (non-hydrogen) atoms. The van der Waals surface area contributed by atoms with Crippen molar-refractivity contribution < 1.29 is 4.74 Å². The van der Waals surface area contributed by atoms with E-state index in [-0.39, 0.29) is 12.0 Å². The first-order chi connectivity index (χ1) is 9.65. The first-order valence-corrected chi connectivity index (χ1v) is 6.03. The Morgan fingerprint density at radius 3 is 2.75 bits per heavy atom. The van der Waals surface area contributed by atoms with Crippen LogP contribution in [0.5, 0.6) is 6.01 Å². The second-order valence-electron chi connectivity index (χ2n) is 3.90. The molecule has 0 atom stereocenters. The average molecular weight is 270 g/mol. The van der Waals surface area contributed by atoms with Gasteiger partial charge in [-0.1, -0.05) is 12.1 Å². The molecule has 0 fully saturated rings. The summed E-state index contributed by atoms with van der Waals surface area (Å²) in [5.41, 5.74) is 6.85. The molecular formula is C13H14N6O. The summed E-state index contributed by atoms with van der Waals surface area (Å²) in [4.78, 5) is 13.8. The van der Waals surface area contributed by atoms with Gasteiger partial charge in [0.2, 0.25) is 11.9 Å². The Hall–Kier alpha value is -2.88. The van der Waals surface area contributed by atoms with Crippen LogP contribution in [0.1, 0.15) is 12.5 Å². The first kappa shape index (κ1) is 13.5. The van der Waals surface area contributed by atoms with Gasteiger partial charge in [-0.25, -0.2) is 0 Å². The molecule has 1 aromatic carbocycles. The smallest absolute Gasteiger partial charge is 0.323 e. The molecule has 7 heteroatoms. The van der Waals surface area contributed by atoms with E-state index in [2.05, 4.69) is 21.0 Å². The minimum absolute atomic E-state index is 0.0692. The van der Waals surface area contributed by atoms with Crippen LogP contribution in [-0.4, -0.2) is 28.6 Å². The van der Waals surface area contributed by atoms with E-state index in [1.165, 1.54) is 0 Å². The van der Waals surface area contributed by atoms with Gasteiger partial charge in [0.25, 0.3) is 0 Å². The number of rotatable bonds is 4. The van der Waals surface area contributed by atoms with Crippen LogP contribution in [0.25, 0.3) is 0 Å². The topological polar surface area (TPSA) is 101 Å². The van der Waals surface area contributed by atoms with Gasteiger partial charge >= 0.3 is 6.01 Å². The van der Waals surface area contributed by atoms with E-state index < -0.39 is 0 Å². The van der Waals surface area contributed by atoms with Crippen molar-refractivity contribution in [3.8, 4) is 12.1 Å². The number of nitrogens with zero attached hydrogens (tertiary/aromatic N) is 5. The molecule has 2 N–H and O–H groups in total. The van der Waals surface area contributed by atoms with Gasteiger partial charge in [0, 0.05) is 7.05 Å². The summed E-state index contributed by atoms with van der Waals surface area (Å²) in [6.45, 7) is 2.26. The summed E-state index contributed by atoms with van der Waals surface area (Å²) in [7, 11) is 1.75. The third kappa shape index (κ3) is 2.75. The maximum Gasteiger partial charge on any atom is 0.323 e. The molecule has 2 aromatic rings. The molecule has 1 heterocycles. The van der Waals surface area contributed by atoms with E-state index in [1.54, 1.807) is 30.1 Å². The van der Waals surface area contributed by atoms with Crippen LogP contribution < -0.4 is 15.4 Å². The Kier molecular flexibility index (Phi) is 3.96. The van der Waals surface area contributed by atoms with Crippen molar-refractivity contribution in [1.29, 1.82) is 5.26 Å². The third-order valence-corrected chi connectivity index (χ3v) is 2.58. The van der Waals surface area contributed by atoms with Crippen LogP contribution in [-0.2, 0) is 0 Å². The lowest BCUT2D eigenvalue weighted by Crippen LogP contribution is -2.16. The van der Waals surface area contributed by atoms with Gasteiger partial charge in [-0.3, -0.25) is 0 Å². The van der Waals surface area contributed by atoms with E-state index in [0.717, 1.165) is 0 Å². The van der Waals surface area contributed by atoms with Crippen LogP contribution in [0, 0.1) is 11.3 Å². The molecule has 0 aliphatic rings. The molecule has 0 spiro atoms. The lowest BCUT2D eigenvalue weighted by atomic mass is 10.2. The van der Waals surface area contributed by atoms with Gasteiger partial charge in [0.05, 0.1) is 17.9 Å². The van der Waals surface area contributed by atoms with E-state index in [4.69, 9.17) is 15.7 Å². The number of nitrogens with two attached hydrogens (primary N) is 1. The van der Waals surface area contributed by atoms with Gasteiger partial charge in [-0.2, -0.15) is 20.2 Å². The second-order valence-corrected chi connectivity index (χ2v) is 3.90. The van der Waals surface area contributed by atoms with E-state index in [1.807, 2.05) is 13.0 Å². The van der Waals surface area contributed by atoms with Gasteiger partial charge in [-0.15, -0.1) is 0 Å². The Labute approximate surface area is 116 Å². The van der Waals surface area contributed by atoms with Crippen LogP contribution in [0.2, 0.25) is 0 Å². The number of anilines is 3. The Morgan fingerprint density at radius 1 is 1.30 bits per heavy atom. The summed E-state index contributed by atoms with van der Waals surface area (Å²) >= 11 is 0. The summed E-state index contributed by atoms with van der Waals surface area (Å²) in [6.07, 6.45) is 0. The van der Waals surface area contributed by atoms with E-state index in [0.29, 0.717) is 23.8 Å². The van der Waals surface area contributed by atoms with Crippen molar-refractivity contribution in [1.82, 2.24) is 15.0 Å². The van der Waals surface area contributed by atoms with Gasteiger partial charge in [-0.05, 0) is 19.1 Å². The van der Waals surface area contributed by atoms with Gasteiger partial charge < -0.3 is 15.4 Å². The quantitative estimate of drug-likeness (QED) is 0.898. The van der Waals surface area contributed by atoms with Gasteiger partial charge in [0.15, 0.2) is 0 Å². The molecular weight excluding hydrogens is 256 g/mol. The molecule has 0 radical (unpaired) electrons. The molecule has 1 aromatic heterocycles. The molecule has 102 valence electrons. The van der Waals surface area contributed by atoms with Crippen molar-refractivity contribution >= 4 is 17.6 Å². The van der Waals surface area contributed by atoms with E-state index in [9.17, 15) is 0 Å². The minimum atomic E-state index is 0.0692. The molecule has 0 aliphatic carbocycles. The molecule has 7 nitrogen and oxygen atoms in total. The molecule has 0 saturated heterocycles. The minimum Gasteiger partial charge on any atom is -0.464 e. The average Bonchev–Trinajstić information content (AvgIpc) is 2.46. The van der Waals surface area contributed by atoms with Crippen LogP contribution in [0.4, 0.5) is 17.6 Å². The number of aromatic nitrogens is 3. The van der Waals surface area contributed by atoms with Crippen LogP contribution in [0.3, 0.4) is 0 Å². The first-order valence-electron chi connectivity index (χ1n) is 6.03. The molecule has 0 saturated carbocycles. The maximum absolute atomic E-state index is 9.13. The highest BCUT2D eigenvalue weighted by Crippen LogP contribution is 2.25. The fourth-order valence-electron chi connectivity index (χ4n) is 1.67. The van der Waals surface area contributed by atoms with Crippen molar-refractivity contribution in [2.45, 2.75) is 6.92 Å². The van der Waals surface area contributed by atoms with Crippen molar-refractivity contribution in [2.24, 2.45) is 0 Å². The highest BCUT2D eigenvalue weighted by atomic mass is 16.5. The predicted octanol–water partition coefficient (Wildman–Crippen LogP) is 1.49. The largest absolute Gasteiger partial charge is 0.464 e. The number of para-hydroxylation sites is 1. The number of hydrogen-bond acceptors (Lipinski definition) is 7. The SMILES string of the molecule is CCOc1nc(N)nc(N(C)c2ccccc2C#N)n1. The van der Waals surface area contributed by atoms with E-state index >= 15 is 0 Å². The fourth-order valence-corrected chi connectivity index (χ4v) is 1.67. The molecule has 0 unspecified atom stereocenters. The lowest BCUT2D eigenvalue weighted by molar-refractivity contribution is 0.312. The van der Waals surface area contributed by atoms with Crippen LogP contribution in [0.15, 0.2) is 24.3 Å². The zero-order chi connectivity index (χ0) is 14.5.